The van der Waals surface area contributed by atoms with E-state index in [0.717, 1.165) is 32.3 Å². The Hall–Kier alpha value is -5.02. The molecule has 2 heterocycles. The van der Waals surface area contributed by atoms with Crippen molar-refractivity contribution in [2.24, 2.45) is 0 Å². The zero-order valence-electron chi connectivity index (χ0n) is 26.0. The van der Waals surface area contributed by atoms with Crippen molar-refractivity contribution >= 4 is 45.2 Å². The number of nitrogens with zero attached hydrogens (tertiary/aromatic N) is 3. The van der Waals surface area contributed by atoms with Gasteiger partial charge in [0.05, 0.1) is 12.2 Å². The third kappa shape index (κ3) is 6.90. The zero-order chi connectivity index (χ0) is 32.9. The van der Waals surface area contributed by atoms with E-state index in [1.165, 1.54) is 0 Å². The Balaban J connectivity index is 1.17. The summed E-state index contributed by atoms with van der Waals surface area (Å²) in [6.07, 6.45) is -0.160. The maximum absolute atomic E-state index is 14.1. The van der Waals surface area contributed by atoms with Crippen LogP contribution in [0.2, 0.25) is 0 Å². The molecule has 0 aromatic heterocycles. The molecule has 1 saturated heterocycles. The molecule has 4 aromatic rings. The van der Waals surface area contributed by atoms with Crippen LogP contribution in [0.1, 0.15) is 56.3 Å². The number of hydrogen-bond donors (Lipinski definition) is 0. The van der Waals surface area contributed by atoms with Crippen LogP contribution < -0.4 is 0 Å². The topological polar surface area (TPSA) is 87.2 Å². The summed E-state index contributed by atoms with van der Waals surface area (Å²) < 4.78 is 6.33. The Morgan fingerprint density at radius 2 is 1.32 bits per heavy atom. The zero-order valence-corrected chi connectivity index (χ0v) is 27.6. The number of benzene rings is 4. The third-order valence-corrected chi connectivity index (χ3v) is 8.97. The molecule has 0 spiro atoms. The number of carbonyl (C=O) groups is 4. The number of ether oxygens (including phenoxy) is 1. The number of rotatable bonds is 7. The number of fused-ring (bicyclic) bond motifs is 1. The minimum absolute atomic E-state index is 0.127. The van der Waals surface area contributed by atoms with Crippen molar-refractivity contribution in [3.63, 3.8) is 0 Å². The van der Waals surface area contributed by atoms with Crippen LogP contribution in [0, 0.1) is 0 Å². The molecule has 1 fully saturated rings. The average molecular weight is 693 g/mol. The van der Waals surface area contributed by atoms with Crippen LogP contribution in [-0.2, 0) is 22.7 Å². The van der Waals surface area contributed by atoms with E-state index < -0.39 is 6.09 Å². The summed E-state index contributed by atoms with van der Waals surface area (Å²) in [5.74, 6) is -0.616. The molecular formula is C38H34BrN3O5. The quantitative estimate of drug-likeness (QED) is 0.210. The first-order chi connectivity index (χ1) is 22.8. The molecule has 4 aromatic carbocycles. The van der Waals surface area contributed by atoms with Crippen LogP contribution in [0.15, 0.2) is 113 Å². The maximum Gasteiger partial charge on any atom is 0.410 e. The van der Waals surface area contributed by atoms with Gasteiger partial charge in [-0.05, 0) is 58.7 Å². The summed E-state index contributed by atoms with van der Waals surface area (Å²) in [6, 6.07) is 31.6. The standard InChI is InChI=1S/C38H34BrN3O5/c1-2-33(43)35-34(27-11-7-4-8-12-27)32-23-31(39)18-17-30(32)24-42(35)37(45)29-15-13-28(14-16-29)36(44)40-19-21-41(22-20-40)38(46)47-25-26-9-5-3-6-10-26/h3-18,23H,2,19-22,24-25H2,1H3. The van der Waals surface area contributed by atoms with Crippen molar-refractivity contribution < 1.29 is 23.9 Å². The van der Waals surface area contributed by atoms with E-state index in [2.05, 4.69) is 15.9 Å². The molecule has 0 atom stereocenters. The molecule has 0 unspecified atom stereocenters. The molecule has 0 N–H and O–H groups in total. The van der Waals surface area contributed by atoms with Gasteiger partial charge in [-0.2, -0.15) is 0 Å². The number of hydrogen-bond acceptors (Lipinski definition) is 5. The molecule has 0 bridgehead atoms. The summed E-state index contributed by atoms with van der Waals surface area (Å²) in [7, 11) is 0. The minimum atomic E-state index is -0.401. The normalized spacial score (nSPS) is 14.5. The van der Waals surface area contributed by atoms with Crippen LogP contribution in [0.25, 0.3) is 5.57 Å². The molecule has 47 heavy (non-hydrogen) atoms. The molecule has 9 heteroatoms. The van der Waals surface area contributed by atoms with Crippen LogP contribution in [-0.4, -0.2) is 64.6 Å². The second-order valence-corrected chi connectivity index (χ2v) is 12.4. The number of piperazine rings is 1. The predicted molar refractivity (Wildman–Crippen MR) is 182 cm³/mol. The second kappa shape index (κ2) is 14.2. The molecule has 2 aliphatic rings. The van der Waals surface area contributed by atoms with Gasteiger partial charge in [0.25, 0.3) is 11.8 Å². The molecule has 0 saturated carbocycles. The van der Waals surface area contributed by atoms with Crippen molar-refractivity contribution in [1.29, 1.82) is 0 Å². The number of amides is 3. The van der Waals surface area contributed by atoms with Gasteiger partial charge in [-0.15, -0.1) is 0 Å². The van der Waals surface area contributed by atoms with Gasteiger partial charge in [-0.3, -0.25) is 19.3 Å². The van der Waals surface area contributed by atoms with E-state index in [9.17, 15) is 19.2 Å². The fraction of sp³-hybridized carbons (Fsp3) is 0.211. The fourth-order valence-electron chi connectivity index (χ4n) is 5.96. The number of halogens is 1. The predicted octanol–water partition coefficient (Wildman–Crippen LogP) is 6.94. The van der Waals surface area contributed by atoms with Gasteiger partial charge in [-0.1, -0.05) is 89.6 Å². The Kier molecular flexibility index (Phi) is 9.63. The van der Waals surface area contributed by atoms with Crippen molar-refractivity contribution in [2.75, 3.05) is 26.2 Å². The lowest BCUT2D eigenvalue weighted by molar-refractivity contribution is -0.116. The molecule has 0 aliphatic carbocycles. The summed E-state index contributed by atoms with van der Waals surface area (Å²) in [5, 5.41) is 0. The first kappa shape index (κ1) is 31.9. The molecule has 3 amide bonds. The van der Waals surface area contributed by atoms with E-state index in [1.54, 1.807) is 45.9 Å². The van der Waals surface area contributed by atoms with Gasteiger partial charge in [0, 0.05) is 53.8 Å². The summed E-state index contributed by atoms with van der Waals surface area (Å²) in [6.45, 7) is 3.73. The lowest BCUT2D eigenvalue weighted by Gasteiger charge is -2.34. The van der Waals surface area contributed by atoms with Crippen molar-refractivity contribution in [1.82, 2.24) is 14.7 Å². The van der Waals surface area contributed by atoms with Gasteiger partial charge >= 0.3 is 6.09 Å². The Labute approximate surface area is 282 Å². The molecular weight excluding hydrogens is 658 g/mol. The lowest BCUT2D eigenvalue weighted by atomic mass is 9.86. The highest BCUT2D eigenvalue weighted by atomic mass is 79.9. The molecule has 238 valence electrons. The van der Waals surface area contributed by atoms with E-state index in [4.69, 9.17) is 4.74 Å². The van der Waals surface area contributed by atoms with Gasteiger partial charge in [0.15, 0.2) is 5.78 Å². The van der Waals surface area contributed by atoms with Crippen molar-refractivity contribution in [2.45, 2.75) is 26.5 Å². The van der Waals surface area contributed by atoms with Crippen LogP contribution in [0.4, 0.5) is 4.79 Å². The molecule has 0 radical (unpaired) electrons. The van der Waals surface area contributed by atoms with Gasteiger partial charge < -0.3 is 14.5 Å². The minimum Gasteiger partial charge on any atom is -0.445 e. The van der Waals surface area contributed by atoms with Crippen molar-refractivity contribution in [3.8, 4) is 0 Å². The highest BCUT2D eigenvalue weighted by Crippen LogP contribution is 2.39. The average Bonchev–Trinajstić information content (AvgIpc) is 3.13. The smallest absolute Gasteiger partial charge is 0.410 e. The Morgan fingerprint density at radius 1 is 0.723 bits per heavy atom. The third-order valence-electron chi connectivity index (χ3n) is 8.48. The lowest BCUT2D eigenvalue weighted by Crippen LogP contribution is -2.50. The second-order valence-electron chi connectivity index (χ2n) is 11.5. The number of carbonyl (C=O) groups excluding carboxylic acids is 4. The number of ketones is 1. The SMILES string of the molecule is CCC(=O)C1=C(c2ccccc2)c2cc(Br)ccc2CN1C(=O)c1ccc(C(=O)N2CCN(C(=O)OCc3ccccc3)CC2)cc1. The van der Waals surface area contributed by atoms with E-state index >= 15 is 0 Å². The van der Waals surface area contributed by atoms with Crippen LogP contribution in [0.3, 0.4) is 0 Å². The van der Waals surface area contributed by atoms with Gasteiger partial charge in [0.1, 0.15) is 6.61 Å². The highest BCUT2D eigenvalue weighted by Gasteiger charge is 2.34. The maximum atomic E-state index is 14.1. The fourth-order valence-corrected chi connectivity index (χ4v) is 6.32. The monoisotopic (exact) mass is 691 g/mol. The highest BCUT2D eigenvalue weighted by molar-refractivity contribution is 9.10. The largest absolute Gasteiger partial charge is 0.445 e. The summed E-state index contributed by atoms with van der Waals surface area (Å²) in [4.78, 5) is 58.4. The summed E-state index contributed by atoms with van der Waals surface area (Å²) >= 11 is 3.57. The van der Waals surface area contributed by atoms with E-state index in [1.807, 2.05) is 78.9 Å². The molecule has 6 rings (SSSR count). The summed E-state index contributed by atoms with van der Waals surface area (Å²) in [5.41, 5.74) is 5.53. The van der Waals surface area contributed by atoms with Crippen LogP contribution >= 0.6 is 15.9 Å². The van der Waals surface area contributed by atoms with Gasteiger partial charge in [-0.25, -0.2) is 4.79 Å². The Bertz CT molecular complexity index is 1830. The van der Waals surface area contributed by atoms with Crippen molar-refractivity contribution in [3.05, 3.63) is 147 Å². The molecule has 8 nitrogen and oxygen atoms in total. The van der Waals surface area contributed by atoms with E-state index in [0.29, 0.717) is 43.0 Å². The number of allylic oxidation sites excluding steroid dienone is 1. The number of Topliss-reactive ketones (excluding diaryl/α,β-unsaturated/α-hetero) is 1. The first-order valence-electron chi connectivity index (χ1n) is 15.6. The first-order valence-corrected chi connectivity index (χ1v) is 16.4. The van der Waals surface area contributed by atoms with Gasteiger partial charge in [0.2, 0.25) is 0 Å². The molecule has 2 aliphatic heterocycles. The Morgan fingerprint density at radius 3 is 1.96 bits per heavy atom. The van der Waals surface area contributed by atoms with E-state index in [-0.39, 0.29) is 37.2 Å². The van der Waals surface area contributed by atoms with Crippen LogP contribution in [0.5, 0.6) is 0 Å².